The van der Waals surface area contributed by atoms with Gasteiger partial charge in [-0.3, -0.25) is 14.5 Å². The van der Waals surface area contributed by atoms with Crippen molar-refractivity contribution in [2.75, 3.05) is 30.0 Å². The number of rotatable bonds is 7. The molecule has 0 radical (unpaired) electrons. The van der Waals surface area contributed by atoms with E-state index in [2.05, 4.69) is 18.7 Å². The summed E-state index contributed by atoms with van der Waals surface area (Å²) in [4.78, 5) is 30.7. The van der Waals surface area contributed by atoms with E-state index in [0.717, 1.165) is 35.5 Å². The van der Waals surface area contributed by atoms with E-state index in [9.17, 15) is 14.7 Å². The lowest BCUT2D eigenvalue weighted by molar-refractivity contribution is -0.132. The summed E-state index contributed by atoms with van der Waals surface area (Å²) < 4.78 is 5.47. The van der Waals surface area contributed by atoms with Crippen LogP contribution in [-0.4, -0.2) is 37.0 Å². The predicted octanol–water partition coefficient (Wildman–Crippen LogP) is 5.78. The Morgan fingerprint density at radius 1 is 0.972 bits per heavy atom. The van der Waals surface area contributed by atoms with E-state index in [0.29, 0.717) is 17.0 Å². The third-order valence-electron chi connectivity index (χ3n) is 6.79. The second-order valence-electron chi connectivity index (χ2n) is 8.92. The highest BCUT2D eigenvalue weighted by Crippen LogP contribution is 2.44. The molecule has 0 aliphatic carbocycles. The number of methoxy groups -OCH3 is 1. The van der Waals surface area contributed by atoms with Crippen molar-refractivity contribution in [1.82, 2.24) is 0 Å². The van der Waals surface area contributed by atoms with Gasteiger partial charge in [-0.25, -0.2) is 0 Å². The molecule has 36 heavy (non-hydrogen) atoms. The van der Waals surface area contributed by atoms with Crippen molar-refractivity contribution in [2.45, 2.75) is 33.7 Å². The molecule has 6 nitrogen and oxygen atoms in total. The van der Waals surface area contributed by atoms with Crippen LogP contribution in [0.1, 0.15) is 42.1 Å². The maximum Gasteiger partial charge on any atom is 0.300 e. The molecule has 4 rings (SSSR count). The average Bonchev–Trinajstić information content (AvgIpc) is 3.15. The highest BCUT2D eigenvalue weighted by atomic mass is 16.5. The first-order chi connectivity index (χ1) is 17.3. The molecule has 0 spiro atoms. The number of carbonyl (C=O) groups excluding carboxylic acids is 2. The van der Waals surface area contributed by atoms with Crippen LogP contribution >= 0.6 is 0 Å². The number of benzene rings is 3. The standard InChI is InChI=1S/C30H32N2O4/c1-6-31(7-2)21-13-15-22(16-14-21)32-27(23-11-9-8-10-20(23)4)26(29(34)30(32)35)28(33)24-18-19(3)12-17-25(24)36-5/h8-18,27,33H,6-7H2,1-5H3/b28-26+. The van der Waals surface area contributed by atoms with E-state index in [1.54, 1.807) is 12.1 Å². The predicted molar refractivity (Wildman–Crippen MR) is 144 cm³/mol. The van der Waals surface area contributed by atoms with E-state index in [4.69, 9.17) is 4.74 Å². The topological polar surface area (TPSA) is 70.1 Å². The Morgan fingerprint density at radius 2 is 1.64 bits per heavy atom. The van der Waals surface area contributed by atoms with Gasteiger partial charge in [0.2, 0.25) is 0 Å². The summed E-state index contributed by atoms with van der Waals surface area (Å²) in [6.07, 6.45) is 0. The first kappa shape index (κ1) is 25.0. The van der Waals surface area contributed by atoms with Crippen molar-refractivity contribution in [3.05, 3.63) is 94.6 Å². The maximum atomic E-state index is 13.5. The van der Waals surface area contributed by atoms with E-state index in [1.807, 2.05) is 68.4 Å². The molecule has 3 aromatic rings. The Balaban J connectivity index is 1.93. The summed E-state index contributed by atoms with van der Waals surface area (Å²) in [5.41, 5.74) is 4.64. The molecule has 3 aromatic carbocycles. The van der Waals surface area contributed by atoms with E-state index in [1.165, 1.54) is 12.0 Å². The van der Waals surface area contributed by atoms with Gasteiger partial charge < -0.3 is 14.7 Å². The van der Waals surface area contributed by atoms with Crippen LogP contribution in [0.25, 0.3) is 5.76 Å². The Kier molecular flexibility index (Phi) is 7.15. The fourth-order valence-electron chi connectivity index (χ4n) is 4.85. The number of anilines is 2. The lowest BCUT2D eigenvalue weighted by Gasteiger charge is -2.28. The second-order valence-corrected chi connectivity index (χ2v) is 8.92. The van der Waals surface area contributed by atoms with E-state index in [-0.39, 0.29) is 11.3 Å². The number of hydrogen-bond donors (Lipinski definition) is 1. The lowest BCUT2D eigenvalue weighted by Crippen LogP contribution is -2.30. The number of ether oxygens (including phenoxy) is 1. The van der Waals surface area contributed by atoms with Crippen LogP contribution in [0.4, 0.5) is 11.4 Å². The minimum absolute atomic E-state index is 0.0472. The van der Waals surface area contributed by atoms with Crippen molar-refractivity contribution in [2.24, 2.45) is 0 Å². The largest absolute Gasteiger partial charge is 0.507 e. The molecule has 1 heterocycles. The lowest BCUT2D eigenvalue weighted by atomic mass is 9.92. The molecule has 1 atom stereocenters. The normalized spacial score (nSPS) is 16.9. The molecular weight excluding hydrogens is 452 g/mol. The minimum atomic E-state index is -0.782. The molecule has 0 bridgehead atoms. The highest BCUT2D eigenvalue weighted by Gasteiger charge is 2.47. The first-order valence-electron chi connectivity index (χ1n) is 12.2. The van der Waals surface area contributed by atoms with Gasteiger partial charge in [-0.05, 0) is 75.2 Å². The van der Waals surface area contributed by atoms with Crippen molar-refractivity contribution in [1.29, 1.82) is 0 Å². The summed E-state index contributed by atoms with van der Waals surface area (Å²) in [6, 6.07) is 19.8. The number of hydrogen-bond acceptors (Lipinski definition) is 5. The molecule has 1 aliphatic heterocycles. The molecule has 1 aliphatic rings. The third kappa shape index (κ3) is 4.35. The highest BCUT2D eigenvalue weighted by molar-refractivity contribution is 6.51. The zero-order valence-corrected chi connectivity index (χ0v) is 21.4. The summed E-state index contributed by atoms with van der Waals surface area (Å²) in [5, 5.41) is 11.5. The Morgan fingerprint density at radius 3 is 2.25 bits per heavy atom. The molecule has 0 aromatic heterocycles. The van der Waals surface area contributed by atoms with Gasteiger partial charge in [-0.1, -0.05) is 35.9 Å². The number of amides is 1. The van der Waals surface area contributed by atoms with Gasteiger partial charge in [0.1, 0.15) is 11.5 Å². The fraction of sp³-hybridized carbons (Fsp3) is 0.267. The summed E-state index contributed by atoms with van der Waals surface area (Å²) in [7, 11) is 1.51. The molecule has 6 heteroatoms. The molecule has 1 N–H and O–H groups in total. The Bertz CT molecular complexity index is 1320. The van der Waals surface area contributed by atoms with Crippen LogP contribution in [0.2, 0.25) is 0 Å². The van der Waals surface area contributed by atoms with Crippen LogP contribution in [0.3, 0.4) is 0 Å². The monoisotopic (exact) mass is 484 g/mol. The van der Waals surface area contributed by atoms with Gasteiger partial charge in [-0.2, -0.15) is 0 Å². The van der Waals surface area contributed by atoms with Crippen LogP contribution in [0, 0.1) is 13.8 Å². The van der Waals surface area contributed by atoms with Gasteiger partial charge in [0.05, 0.1) is 24.3 Å². The van der Waals surface area contributed by atoms with Crippen molar-refractivity contribution in [3.63, 3.8) is 0 Å². The number of nitrogens with zero attached hydrogens (tertiary/aromatic N) is 2. The number of aliphatic hydroxyl groups excluding tert-OH is 1. The number of carbonyl (C=O) groups is 2. The number of aryl methyl sites for hydroxylation is 2. The molecule has 186 valence electrons. The molecular formula is C30H32N2O4. The number of ketones is 1. The average molecular weight is 485 g/mol. The fourth-order valence-corrected chi connectivity index (χ4v) is 4.85. The smallest absolute Gasteiger partial charge is 0.300 e. The second kappa shape index (κ2) is 10.3. The summed E-state index contributed by atoms with van der Waals surface area (Å²) in [6.45, 7) is 9.74. The van der Waals surface area contributed by atoms with Crippen LogP contribution in [0.15, 0.2) is 72.3 Å². The quantitative estimate of drug-likeness (QED) is 0.261. The molecule has 0 saturated carbocycles. The maximum absolute atomic E-state index is 13.5. The van der Waals surface area contributed by atoms with Crippen molar-refractivity contribution < 1.29 is 19.4 Å². The van der Waals surface area contributed by atoms with E-state index >= 15 is 0 Å². The van der Waals surface area contributed by atoms with Gasteiger partial charge in [0.25, 0.3) is 11.7 Å². The van der Waals surface area contributed by atoms with Crippen molar-refractivity contribution in [3.8, 4) is 5.75 Å². The zero-order valence-electron chi connectivity index (χ0n) is 21.4. The van der Waals surface area contributed by atoms with Gasteiger partial charge >= 0.3 is 0 Å². The Labute approximate surface area is 212 Å². The van der Waals surface area contributed by atoms with Gasteiger partial charge in [0.15, 0.2) is 0 Å². The third-order valence-corrected chi connectivity index (χ3v) is 6.79. The minimum Gasteiger partial charge on any atom is -0.507 e. The Hall–Kier alpha value is -4.06. The van der Waals surface area contributed by atoms with E-state index < -0.39 is 17.7 Å². The molecule has 1 amide bonds. The van der Waals surface area contributed by atoms with Crippen LogP contribution in [-0.2, 0) is 9.59 Å². The summed E-state index contributed by atoms with van der Waals surface area (Å²) in [5.74, 6) is -1.22. The SMILES string of the molecule is CCN(CC)c1ccc(N2C(=O)C(=O)/C(=C(/O)c3cc(C)ccc3OC)C2c2ccccc2C)cc1. The van der Waals surface area contributed by atoms with Crippen LogP contribution < -0.4 is 14.5 Å². The zero-order chi connectivity index (χ0) is 26.0. The number of aliphatic hydroxyl groups is 1. The van der Waals surface area contributed by atoms with Crippen molar-refractivity contribution >= 4 is 28.8 Å². The number of Topliss-reactive ketones (excluding diaryl/α,β-unsaturated/α-hetero) is 1. The van der Waals surface area contributed by atoms with Gasteiger partial charge in [-0.15, -0.1) is 0 Å². The van der Waals surface area contributed by atoms with Crippen LogP contribution in [0.5, 0.6) is 5.75 Å². The van der Waals surface area contributed by atoms with Gasteiger partial charge in [0, 0.05) is 24.5 Å². The molecule has 1 unspecified atom stereocenters. The summed E-state index contributed by atoms with van der Waals surface area (Å²) >= 11 is 0. The first-order valence-corrected chi connectivity index (χ1v) is 12.2. The molecule has 1 saturated heterocycles. The molecule has 1 fully saturated rings.